The van der Waals surface area contributed by atoms with E-state index < -0.39 is 0 Å². The number of allylic oxidation sites excluding steroid dienone is 3. The average Bonchev–Trinajstić information content (AvgIpc) is 3.05. The number of nitrogens with two attached hydrogens (primary N) is 1. The van der Waals surface area contributed by atoms with Gasteiger partial charge in [0.2, 0.25) is 11.8 Å². The Kier molecular flexibility index (Phi) is 3.58. The van der Waals surface area contributed by atoms with Gasteiger partial charge in [-0.15, -0.1) is 5.10 Å². The molecule has 2 aromatic rings. The maximum absolute atomic E-state index is 9.67. The minimum absolute atomic E-state index is 0.0855. The van der Waals surface area contributed by atoms with Crippen molar-refractivity contribution in [2.45, 2.75) is 25.2 Å². The molecule has 0 saturated heterocycles. The summed E-state index contributed by atoms with van der Waals surface area (Å²) in [7, 11) is 0. The summed E-state index contributed by atoms with van der Waals surface area (Å²) >= 11 is 0. The van der Waals surface area contributed by atoms with Gasteiger partial charge >= 0.3 is 0 Å². The van der Waals surface area contributed by atoms with Crippen LogP contribution in [0.1, 0.15) is 30.7 Å². The number of nitrogens with one attached hydrogen (secondary N) is 1. The maximum Gasteiger partial charge on any atom is 0.244 e. The molecule has 3 N–H and O–H groups in total. The second-order valence-corrected chi connectivity index (χ2v) is 6.20. The summed E-state index contributed by atoms with van der Waals surface area (Å²) in [6, 6.07) is 12.3. The van der Waals surface area contributed by atoms with Gasteiger partial charge in [0.15, 0.2) is 0 Å². The van der Waals surface area contributed by atoms with Crippen LogP contribution in [0.4, 0.5) is 0 Å². The molecule has 0 spiro atoms. The van der Waals surface area contributed by atoms with Gasteiger partial charge in [-0.05, 0) is 30.7 Å². The van der Waals surface area contributed by atoms with E-state index >= 15 is 0 Å². The molecule has 24 heavy (non-hydrogen) atoms. The molecule has 0 unspecified atom stereocenters. The van der Waals surface area contributed by atoms with Gasteiger partial charge in [0.1, 0.15) is 6.07 Å². The monoisotopic (exact) mass is 318 g/mol. The highest BCUT2D eigenvalue weighted by Crippen LogP contribution is 2.48. The Morgan fingerprint density at radius 3 is 2.79 bits per heavy atom. The summed E-state index contributed by atoms with van der Waals surface area (Å²) in [5.74, 6) is 0.907. The zero-order chi connectivity index (χ0) is 16.5. The Morgan fingerprint density at radius 1 is 1.25 bits per heavy atom. The Balaban J connectivity index is 1.87. The van der Waals surface area contributed by atoms with E-state index in [-0.39, 0.29) is 11.8 Å². The lowest BCUT2D eigenvalue weighted by Gasteiger charge is -2.31. The van der Waals surface area contributed by atoms with Crippen LogP contribution >= 0.6 is 0 Å². The maximum atomic E-state index is 9.67. The Labute approximate surface area is 140 Å². The molecule has 5 nitrogen and oxygen atoms in total. The van der Waals surface area contributed by atoms with Crippen LogP contribution in [0.15, 0.2) is 53.9 Å². The number of fused-ring (bicyclic) bond motifs is 1. The molecule has 2 atom stereocenters. The van der Waals surface area contributed by atoms with Crippen LogP contribution in [0.25, 0.3) is 11.3 Å². The van der Waals surface area contributed by atoms with Gasteiger partial charge in [-0.3, -0.25) is 5.10 Å². The number of nitriles is 1. The van der Waals surface area contributed by atoms with Crippen LogP contribution in [-0.2, 0) is 0 Å². The molecule has 0 amide bonds. The number of hydrogen-bond acceptors (Lipinski definition) is 4. The van der Waals surface area contributed by atoms with Crippen LogP contribution in [0.5, 0.6) is 5.88 Å². The zero-order valence-electron chi connectivity index (χ0n) is 13.2. The van der Waals surface area contributed by atoms with Crippen molar-refractivity contribution in [3.05, 3.63) is 59.5 Å². The van der Waals surface area contributed by atoms with Crippen LogP contribution in [0.2, 0.25) is 0 Å². The molecule has 0 radical (unpaired) electrons. The van der Waals surface area contributed by atoms with Crippen LogP contribution < -0.4 is 10.5 Å². The third-order valence-corrected chi connectivity index (χ3v) is 4.83. The molecule has 1 aromatic carbocycles. The molecule has 120 valence electrons. The molecule has 0 fully saturated rings. The quantitative estimate of drug-likeness (QED) is 0.828. The number of rotatable bonds is 2. The number of hydrogen-bond donors (Lipinski definition) is 2. The summed E-state index contributed by atoms with van der Waals surface area (Å²) in [6.07, 6.45) is 7.37. The van der Waals surface area contributed by atoms with Crippen molar-refractivity contribution < 1.29 is 4.74 Å². The highest BCUT2D eigenvalue weighted by molar-refractivity contribution is 5.69. The molecule has 0 saturated carbocycles. The van der Waals surface area contributed by atoms with Crippen molar-refractivity contribution >= 4 is 0 Å². The number of nitrogens with zero attached hydrogens (tertiary/aromatic N) is 2. The predicted molar refractivity (Wildman–Crippen MR) is 90.7 cm³/mol. The molecule has 1 aliphatic carbocycles. The van der Waals surface area contributed by atoms with E-state index in [0.717, 1.165) is 36.1 Å². The minimum Gasteiger partial charge on any atom is -0.420 e. The second-order valence-electron chi connectivity index (χ2n) is 6.20. The summed E-state index contributed by atoms with van der Waals surface area (Å²) in [5.41, 5.74) is 9.42. The largest absolute Gasteiger partial charge is 0.420 e. The Morgan fingerprint density at radius 2 is 2.08 bits per heavy atom. The SMILES string of the molecule is N#CC1=C(N)Oc2n[nH]c(-c3ccccc3)c2[C@@H]1[C@H]1CC=CCC1. The van der Waals surface area contributed by atoms with Crippen molar-refractivity contribution in [3.63, 3.8) is 0 Å². The van der Waals surface area contributed by atoms with Gasteiger partial charge in [-0.1, -0.05) is 42.5 Å². The topological polar surface area (TPSA) is 87.7 Å². The third kappa shape index (κ3) is 2.28. The van der Waals surface area contributed by atoms with Crippen molar-refractivity contribution in [3.8, 4) is 23.2 Å². The molecule has 1 aromatic heterocycles. The molecule has 2 heterocycles. The summed E-state index contributed by atoms with van der Waals surface area (Å²) in [4.78, 5) is 0. The van der Waals surface area contributed by atoms with Crippen LogP contribution in [0, 0.1) is 17.2 Å². The first-order valence-corrected chi connectivity index (χ1v) is 8.16. The van der Waals surface area contributed by atoms with E-state index in [1.54, 1.807) is 0 Å². The van der Waals surface area contributed by atoms with Crippen molar-refractivity contribution in [1.82, 2.24) is 10.2 Å². The van der Waals surface area contributed by atoms with Gasteiger partial charge in [-0.2, -0.15) is 5.26 Å². The third-order valence-electron chi connectivity index (χ3n) is 4.83. The van der Waals surface area contributed by atoms with Crippen LogP contribution in [0.3, 0.4) is 0 Å². The van der Waals surface area contributed by atoms with Gasteiger partial charge in [0.05, 0.1) is 16.8 Å². The van der Waals surface area contributed by atoms with E-state index in [4.69, 9.17) is 10.5 Å². The highest BCUT2D eigenvalue weighted by Gasteiger charge is 2.38. The smallest absolute Gasteiger partial charge is 0.244 e. The lowest BCUT2D eigenvalue weighted by atomic mass is 9.74. The number of ether oxygens (including phenoxy) is 1. The first-order chi connectivity index (χ1) is 11.8. The average molecular weight is 318 g/mol. The van der Waals surface area contributed by atoms with E-state index in [1.165, 1.54) is 0 Å². The molecule has 5 heteroatoms. The number of benzene rings is 1. The standard InChI is InChI=1S/C19H18N4O/c20-11-14-15(12-7-3-1-4-8-12)16-17(13-9-5-2-6-10-13)22-23-19(16)24-18(14)21/h1-3,5-6,9-10,12,15H,4,7-8,21H2,(H,22,23)/t12-,15+/m0/s1. The van der Waals surface area contributed by atoms with Gasteiger partial charge in [0.25, 0.3) is 0 Å². The van der Waals surface area contributed by atoms with Crippen molar-refractivity contribution in [1.29, 1.82) is 5.26 Å². The van der Waals surface area contributed by atoms with E-state index in [9.17, 15) is 5.26 Å². The number of H-pyrrole nitrogens is 1. The molecule has 2 aliphatic rings. The molecule has 1 aliphatic heterocycles. The number of aromatic amines is 1. The molecule has 4 rings (SSSR count). The second kappa shape index (κ2) is 5.89. The van der Waals surface area contributed by atoms with Gasteiger partial charge in [-0.25, -0.2) is 0 Å². The minimum atomic E-state index is -0.0855. The van der Waals surface area contributed by atoms with E-state index in [1.807, 2.05) is 30.3 Å². The van der Waals surface area contributed by atoms with Gasteiger partial charge in [0, 0.05) is 5.92 Å². The van der Waals surface area contributed by atoms with Gasteiger partial charge < -0.3 is 10.5 Å². The molecule has 0 bridgehead atoms. The Hall–Kier alpha value is -3.00. The predicted octanol–water partition coefficient (Wildman–Crippen LogP) is 3.60. The fourth-order valence-corrected chi connectivity index (χ4v) is 3.70. The summed E-state index contributed by atoms with van der Waals surface area (Å²) in [6.45, 7) is 0. The summed E-state index contributed by atoms with van der Waals surface area (Å²) in [5, 5.41) is 17.1. The van der Waals surface area contributed by atoms with Crippen molar-refractivity contribution in [2.24, 2.45) is 11.7 Å². The fraction of sp³-hybridized carbons (Fsp3) is 0.263. The normalized spacial score (nSPS) is 22.6. The summed E-state index contributed by atoms with van der Waals surface area (Å²) < 4.78 is 5.63. The first kappa shape index (κ1) is 14.6. The van der Waals surface area contributed by atoms with E-state index in [0.29, 0.717) is 17.4 Å². The lowest BCUT2D eigenvalue weighted by molar-refractivity contribution is 0.340. The fourth-order valence-electron chi connectivity index (χ4n) is 3.70. The zero-order valence-corrected chi connectivity index (χ0v) is 13.2. The molecular formula is C19H18N4O. The van der Waals surface area contributed by atoms with E-state index in [2.05, 4.69) is 28.4 Å². The Bertz CT molecular complexity index is 857. The lowest BCUT2D eigenvalue weighted by Crippen LogP contribution is -2.25. The first-order valence-electron chi connectivity index (χ1n) is 8.16. The highest BCUT2D eigenvalue weighted by atomic mass is 16.5. The van der Waals surface area contributed by atoms with Crippen molar-refractivity contribution in [2.75, 3.05) is 0 Å². The van der Waals surface area contributed by atoms with Crippen LogP contribution in [-0.4, -0.2) is 10.2 Å². The molecular weight excluding hydrogens is 300 g/mol. The number of aromatic nitrogens is 2.